The fourth-order valence-corrected chi connectivity index (χ4v) is 3.34. The van der Waals surface area contributed by atoms with Gasteiger partial charge in [-0.05, 0) is 12.8 Å². The maximum atomic E-state index is 11.1. The third-order valence-electron chi connectivity index (χ3n) is 2.57. The molecule has 14 heavy (non-hydrogen) atoms. The molecule has 0 heterocycles. The topological polar surface area (TPSA) is 121 Å². The summed E-state index contributed by atoms with van der Waals surface area (Å²) < 4.78 is 11.1. The van der Waals surface area contributed by atoms with Crippen LogP contribution in [0.5, 0.6) is 0 Å². The lowest BCUT2D eigenvalue weighted by Gasteiger charge is -2.24. The molecule has 0 aromatic rings. The molecule has 0 bridgehead atoms. The van der Waals surface area contributed by atoms with Crippen LogP contribution in [0.3, 0.4) is 0 Å². The van der Waals surface area contributed by atoms with Crippen molar-refractivity contribution in [2.75, 3.05) is 0 Å². The lowest BCUT2D eigenvalue weighted by Crippen LogP contribution is -2.37. The molecule has 5 N–H and O–H groups in total. The first-order valence-electron chi connectivity index (χ1n) is 3.93. The standard InChI is InChI=1S/C6H12NO5PS/c7-3-1-6(5(8)9,2-4(3)14)13(10,11)12/h3-4,14H,1-2,7H2,(H,8,9)(H2,10,11,12). The molecule has 0 saturated heterocycles. The molecule has 6 nitrogen and oxygen atoms in total. The maximum absolute atomic E-state index is 11.1. The zero-order valence-corrected chi connectivity index (χ0v) is 8.99. The van der Waals surface area contributed by atoms with E-state index in [4.69, 9.17) is 20.6 Å². The zero-order chi connectivity index (χ0) is 11.1. The lowest BCUT2D eigenvalue weighted by atomic mass is 10.1. The Morgan fingerprint density at radius 1 is 1.50 bits per heavy atom. The van der Waals surface area contributed by atoms with E-state index in [-0.39, 0.29) is 12.8 Å². The molecule has 8 heteroatoms. The Morgan fingerprint density at radius 2 is 2.00 bits per heavy atom. The summed E-state index contributed by atoms with van der Waals surface area (Å²) in [6.07, 6.45) is -0.433. The van der Waals surface area contributed by atoms with Gasteiger partial charge in [0.2, 0.25) is 0 Å². The number of thiol groups is 1. The van der Waals surface area contributed by atoms with Crippen molar-refractivity contribution < 1.29 is 24.3 Å². The molecule has 1 saturated carbocycles. The molecular formula is C6H12NO5PS. The van der Waals surface area contributed by atoms with E-state index in [2.05, 4.69) is 12.6 Å². The van der Waals surface area contributed by atoms with E-state index < -0.39 is 30.0 Å². The molecular weight excluding hydrogens is 229 g/mol. The minimum absolute atomic E-state index is 0.198. The number of carboxylic acids is 1. The van der Waals surface area contributed by atoms with E-state index in [1.54, 1.807) is 0 Å². The van der Waals surface area contributed by atoms with Crippen molar-refractivity contribution in [1.29, 1.82) is 0 Å². The van der Waals surface area contributed by atoms with Gasteiger partial charge < -0.3 is 20.6 Å². The second-order valence-electron chi connectivity index (χ2n) is 3.52. The van der Waals surface area contributed by atoms with Gasteiger partial charge in [0.05, 0.1) is 0 Å². The molecule has 82 valence electrons. The molecule has 0 amide bonds. The Morgan fingerprint density at radius 3 is 2.14 bits per heavy atom. The van der Waals surface area contributed by atoms with Crippen molar-refractivity contribution in [3.63, 3.8) is 0 Å². The van der Waals surface area contributed by atoms with Gasteiger partial charge in [0.25, 0.3) is 0 Å². The van der Waals surface area contributed by atoms with Crippen molar-refractivity contribution in [1.82, 2.24) is 0 Å². The Bertz CT molecular complexity index is 293. The maximum Gasteiger partial charge on any atom is 0.342 e. The monoisotopic (exact) mass is 241 g/mol. The van der Waals surface area contributed by atoms with E-state index in [1.165, 1.54) is 0 Å². The molecule has 0 aromatic heterocycles. The molecule has 1 aliphatic rings. The SMILES string of the molecule is NC1CC(C(=O)O)(P(=O)(O)O)CC1S. The molecule has 0 aliphatic heterocycles. The summed E-state index contributed by atoms with van der Waals surface area (Å²) in [4.78, 5) is 28.9. The molecule has 1 aliphatic carbocycles. The van der Waals surface area contributed by atoms with Gasteiger partial charge in [-0.2, -0.15) is 12.6 Å². The normalized spacial score (nSPS) is 38.6. The quantitative estimate of drug-likeness (QED) is 0.325. The summed E-state index contributed by atoms with van der Waals surface area (Å²) in [5.74, 6) is -1.50. The van der Waals surface area contributed by atoms with Crippen molar-refractivity contribution in [3.05, 3.63) is 0 Å². The Balaban J connectivity index is 3.11. The van der Waals surface area contributed by atoms with Crippen LogP contribution in [0.15, 0.2) is 0 Å². The van der Waals surface area contributed by atoms with Crippen LogP contribution in [0.2, 0.25) is 0 Å². The van der Waals surface area contributed by atoms with Gasteiger partial charge in [-0.15, -0.1) is 0 Å². The second kappa shape index (κ2) is 3.50. The van der Waals surface area contributed by atoms with Gasteiger partial charge in [0.1, 0.15) is 0 Å². The van der Waals surface area contributed by atoms with Crippen molar-refractivity contribution in [2.45, 2.75) is 29.3 Å². The van der Waals surface area contributed by atoms with E-state index >= 15 is 0 Å². The van der Waals surface area contributed by atoms with Crippen LogP contribution in [0.4, 0.5) is 0 Å². The van der Waals surface area contributed by atoms with Crippen LogP contribution in [-0.4, -0.2) is 37.3 Å². The predicted molar refractivity (Wildman–Crippen MR) is 52.4 cm³/mol. The summed E-state index contributed by atoms with van der Waals surface area (Å²) in [6, 6.07) is -0.595. The highest BCUT2D eigenvalue weighted by Crippen LogP contribution is 2.59. The number of hydrogen-bond acceptors (Lipinski definition) is 4. The first-order chi connectivity index (χ1) is 6.21. The van der Waals surface area contributed by atoms with Gasteiger partial charge in [0.15, 0.2) is 5.16 Å². The summed E-state index contributed by atoms with van der Waals surface area (Å²) in [5.41, 5.74) is 5.51. The third kappa shape index (κ3) is 1.70. The molecule has 3 unspecified atom stereocenters. The Kier molecular flexibility index (Phi) is 3.00. The minimum atomic E-state index is -4.70. The summed E-state index contributed by atoms with van der Waals surface area (Å²) in [7, 11) is -4.70. The molecule has 0 radical (unpaired) electrons. The highest BCUT2D eigenvalue weighted by molar-refractivity contribution is 7.81. The van der Waals surface area contributed by atoms with E-state index in [0.717, 1.165) is 0 Å². The van der Waals surface area contributed by atoms with Gasteiger partial charge >= 0.3 is 13.6 Å². The van der Waals surface area contributed by atoms with Gasteiger partial charge in [-0.3, -0.25) is 9.36 Å². The van der Waals surface area contributed by atoms with Crippen molar-refractivity contribution >= 4 is 26.2 Å². The van der Waals surface area contributed by atoms with Crippen LogP contribution in [0, 0.1) is 0 Å². The number of aliphatic carboxylic acids is 1. The summed E-state index contributed by atoms with van der Waals surface area (Å²) in [5, 5.41) is 6.32. The molecule has 0 aromatic carbocycles. The molecule has 0 spiro atoms. The third-order valence-corrected chi connectivity index (χ3v) is 4.81. The Hall–Kier alpha value is -0.0700. The number of carbonyl (C=O) groups is 1. The first kappa shape index (κ1) is 12.0. The average molecular weight is 241 g/mol. The number of carboxylic acid groups (broad SMARTS) is 1. The Labute approximate surface area is 86.1 Å². The fourth-order valence-electron chi connectivity index (χ4n) is 1.64. The largest absolute Gasteiger partial charge is 0.480 e. The second-order valence-corrected chi connectivity index (χ2v) is 6.13. The van der Waals surface area contributed by atoms with E-state index in [9.17, 15) is 9.36 Å². The lowest BCUT2D eigenvalue weighted by molar-refractivity contribution is -0.140. The van der Waals surface area contributed by atoms with E-state index in [0.29, 0.717) is 0 Å². The number of hydrogen-bond donors (Lipinski definition) is 5. The predicted octanol–water partition coefficient (Wildman–Crippen LogP) is -0.593. The number of rotatable bonds is 2. The molecule has 1 fully saturated rings. The van der Waals surface area contributed by atoms with Crippen LogP contribution >= 0.6 is 20.2 Å². The summed E-state index contributed by atoms with van der Waals surface area (Å²) >= 11 is 4.00. The highest BCUT2D eigenvalue weighted by atomic mass is 32.1. The minimum Gasteiger partial charge on any atom is -0.480 e. The van der Waals surface area contributed by atoms with Crippen LogP contribution in [0.1, 0.15) is 12.8 Å². The van der Waals surface area contributed by atoms with Crippen LogP contribution < -0.4 is 5.73 Å². The van der Waals surface area contributed by atoms with E-state index in [1.807, 2.05) is 0 Å². The molecule has 1 rings (SSSR count). The van der Waals surface area contributed by atoms with Crippen molar-refractivity contribution in [3.8, 4) is 0 Å². The van der Waals surface area contributed by atoms with Crippen LogP contribution in [-0.2, 0) is 9.36 Å². The van der Waals surface area contributed by atoms with Gasteiger partial charge in [-0.25, -0.2) is 0 Å². The highest BCUT2D eigenvalue weighted by Gasteiger charge is 2.59. The zero-order valence-electron chi connectivity index (χ0n) is 7.20. The first-order valence-corrected chi connectivity index (χ1v) is 6.06. The van der Waals surface area contributed by atoms with Gasteiger partial charge in [-0.1, -0.05) is 0 Å². The smallest absolute Gasteiger partial charge is 0.342 e. The average Bonchev–Trinajstić information content (AvgIpc) is 2.28. The fraction of sp³-hybridized carbons (Fsp3) is 0.833. The number of nitrogens with two attached hydrogens (primary N) is 1. The molecule has 3 atom stereocenters. The summed E-state index contributed by atoms with van der Waals surface area (Å²) in [6.45, 7) is 0. The van der Waals surface area contributed by atoms with Crippen molar-refractivity contribution in [2.24, 2.45) is 5.73 Å². The van der Waals surface area contributed by atoms with Gasteiger partial charge in [0, 0.05) is 11.3 Å². The van der Waals surface area contributed by atoms with Crippen LogP contribution in [0.25, 0.3) is 0 Å².